The van der Waals surface area contributed by atoms with E-state index in [1.54, 1.807) is 14.2 Å². The maximum atomic E-state index is 5.63. The molecule has 0 saturated carbocycles. The van der Waals surface area contributed by atoms with Gasteiger partial charge in [0.25, 0.3) is 0 Å². The highest BCUT2D eigenvalue weighted by atomic mass is 32.1. The van der Waals surface area contributed by atoms with Crippen molar-refractivity contribution in [2.75, 3.05) is 20.8 Å². The first-order chi connectivity index (χ1) is 8.97. The van der Waals surface area contributed by atoms with Gasteiger partial charge in [0, 0.05) is 19.1 Å². The second-order valence-corrected chi connectivity index (χ2v) is 5.18. The first kappa shape index (κ1) is 15.7. The molecule has 0 bridgehead atoms. The molecule has 2 N–H and O–H groups in total. The Kier molecular flexibility index (Phi) is 6.05. The van der Waals surface area contributed by atoms with E-state index in [0.29, 0.717) is 17.6 Å². The summed E-state index contributed by atoms with van der Waals surface area (Å²) in [7, 11) is 3.27. The SMILES string of the molecule is COc1ccc(CN(CC(N)=S)C(C)C)cc1OC. The van der Waals surface area contributed by atoms with Gasteiger partial charge < -0.3 is 15.2 Å². The number of nitrogens with zero attached hydrogens (tertiary/aromatic N) is 1. The second-order valence-electron chi connectivity index (χ2n) is 4.65. The summed E-state index contributed by atoms with van der Waals surface area (Å²) < 4.78 is 10.5. The Balaban J connectivity index is 2.87. The van der Waals surface area contributed by atoms with Crippen LogP contribution in [-0.2, 0) is 6.54 Å². The van der Waals surface area contributed by atoms with Crippen molar-refractivity contribution in [3.63, 3.8) is 0 Å². The minimum absolute atomic E-state index is 0.370. The monoisotopic (exact) mass is 282 g/mol. The molecule has 0 fully saturated rings. The number of ether oxygens (including phenoxy) is 2. The third kappa shape index (κ3) is 4.69. The molecule has 1 aromatic carbocycles. The predicted molar refractivity (Wildman–Crippen MR) is 81.9 cm³/mol. The van der Waals surface area contributed by atoms with Gasteiger partial charge in [-0.15, -0.1) is 0 Å². The topological polar surface area (TPSA) is 47.7 Å². The van der Waals surface area contributed by atoms with Crippen LogP contribution in [0.1, 0.15) is 19.4 Å². The first-order valence-corrected chi connectivity index (χ1v) is 6.62. The molecule has 4 nitrogen and oxygen atoms in total. The van der Waals surface area contributed by atoms with E-state index in [0.717, 1.165) is 23.6 Å². The van der Waals surface area contributed by atoms with Crippen LogP contribution in [0.4, 0.5) is 0 Å². The molecule has 0 aliphatic carbocycles. The van der Waals surface area contributed by atoms with Crippen molar-refractivity contribution in [2.45, 2.75) is 26.4 Å². The lowest BCUT2D eigenvalue weighted by Gasteiger charge is -2.26. The van der Waals surface area contributed by atoms with Crippen molar-refractivity contribution < 1.29 is 9.47 Å². The molecule has 0 heterocycles. The minimum Gasteiger partial charge on any atom is -0.493 e. The van der Waals surface area contributed by atoms with E-state index in [2.05, 4.69) is 18.7 Å². The zero-order valence-corrected chi connectivity index (χ0v) is 12.8. The molecule has 0 aliphatic rings. The van der Waals surface area contributed by atoms with Crippen LogP contribution < -0.4 is 15.2 Å². The molecular weight excluding hydrogens is 260 g/mol. The van der Waals surface area contributed by atoms with Gasteiger partial charge in [-0.25, -0.2) is 0 Å². The van der Waals surface area contributed by atoms with Gasteiger partial charge in [0.05, 0.1) is 19.2 Å². The molecule has 0 spiro atoms. The fourth-order valence-electron chi connectivity index (χ4n) is 1.83. The second kappa shape index (κ2) is 7.31. The van der Waals surface area contributed by atoms with Crippen molar-refractivity contribution >= 4 is 17.2 Å². The van der Waals surface area contributed by atoms with Gasteiger partial charge >= 0.3 is 0 Å². The summed E-state index contributed by atoms with van der Waals surface area (Å²) in [6.45, 7) is 5.63. The summed E-state index contributed by atoms with van der Waals surface area (Å²) in [5, 5.41) is 0. The Morgan fingerprint density at radius 2 is 1.89 bits per heavy atom. The molecule has 0 saturated heterocycles. The van der Waals surface area contributed by atoms with Crippen molar-refractivity contribution in [1.82, 2.24) is 4.90 Å². The fraction of sp³-hybridized carbons (Fsp3) is 0.500. The van der Waals surface area contributed by atoms with Crippen molar-refractivity contribution in [2.24, 2.45) is 5.73 Å². The highest BCUT2D eigenvalue weighted by molar-refractivity contribution is 7.80. The molecule has 106 valence electrons. The Morgan fingerprint density at radius 3 is 2.37 bits per heavy atom. The lowest BCUT2D eigenvalue weighted by atomic mass is 10.1. The first-order valence-electron chi connectivity index (χ1n) is 6.21. The third-order valence-electron chi connectivity index (χ3n) is 2.92. The van der Waals surface area contributed by atoms with Crippen LogP contribution in [0, 0.1) is 0 Å². The van der Waals surface area contributed by atoms with Gasteiger partial charge in [-0.05, 0) is 31.5 Å². The summed E-state index contributed by atoms with van der Waals surface area (Å²) >= 11 is 4.99. The number of hydrogen-bond acceptors (Lipinski definition) is 4. The Hall–Kier alpha value is -1.33. The zero-order chi connectivity index (χ0) is 14.4. The van der Waals surface area contributed by atoms with Gasteiger partial charge in [0.2, 0.25) is 0 Å². The number of hydrogen-bond donors (Lipinski definition) is 1. The van der Waals surface area contributed by atoms with E-state index >= 15 is 0 Å². The van der Waals surface area contributed by atoms with Crippen molar-refractivity contribution in [1.29, 1.82) is 0 Å². The fourth-order valence-corrected chi connectivity index (χ4v) is 2.00. The van der Waals surface area contributed by atoms with Gasteiger partial charge in [-0.2, -0.15) is 0 Å². The average molecular weight is 282 g/mol. The van der Waals surface area contributed by atoms with E-state index in [9.17, 15) is 0 Å². The van der Waals surface area contributed by atoms with E-state index in [1.165, 1.54) is 0 Å². The normalized spacial score (nSPS) is 10.8. The summed E-state index contributed by atoms with van der Waals surface area (Å²) in [6.07, 6.45) is 0. The van der Waals surface area contributed by atoms with Gasteiger partial charge in [0.15, 0.2) is 11.5 Å². The molecular formula is C14H22N2O2S. The number of benzene rings is 1. The van der Waals surface area contributed by atoms with E-state index in [4.69, 9.17) is 27.4 Å². The predicted octanol–water partition coefficient (Wildman–Crippen LogP) is 2.20. The Morgan fingerprint density at radius 1 is 1.26 bits per heavy atom. The van der Waals surface area contributed by atoms with Crippen LogP contribution in [0.5, 0.6) is 11.5 Å². The summed E-state index contributed by atoms with van der Waals surface area (Å²) in [6, 6.07) is 6.28. The molecule has 1 aromatic rings. The lowest BCUT2D eigenvalue weighted by Crippen LogP contribution is -2.37. The van der Waals surface area contributed by atoms with Crippen LogP contribution in [0.2, 0.25) is 0 Å². The Bertz CT molecular complexity index is 435. The molecule has 1 rings (SSSR count). The molecule has 0 radical (unpaired) electrons. The quantitative estimate of drug-likeness (QED) is 0.777. The summed E-state index contributed by atoms with van der Waals surface area (Å²) in [5.41, 5.74) is 6.77. The van der Waals surface area contributed by atoms with Crippen molar-refractivity contribution in [3.8, 4) is 11.5 Å². The molecule has 0 atom stereocenters. The molecule has 0 aliphatic heterocycles. The minimum atomic E-state index is 0.370. The zero-order valence-electron chi connectivity index (χ0n) is 12.0. The van der Waals surface area contributed by atoms with Crippen LogP contribution in [0.15, 0.2) is 18.2 Å². The number of rotatable bonds is 7. The third-order valence-corrected chi connectivity index (χ3v) is 3.05. The molecule has 0 aromatic heterocycles. The van der Waals surface area contributed by atoms with Crippen molar-refractivity contribution in [3.05, 3.63) is 23.8 Å². The molecule has 0 unspecified atom stereocenters. The molecule has 0 amide bonds. The van der Waals surface area contributed by atoms with Crippen LogP contribution in [-0.4, -0.2) is 36.7 Å². The molecule has 19 heavy (non-hydrogen) atoms. The summed E-state index contributed by atoms with van der Waals surface area (Å²) in [4.78, 5) is 2.72. The number of methoxy groups -OCH3 is 2. The standard InChI is InChI=1S/C14H22N2O2S/c1-10(2)16(9-14(15)19)8-11-5-6-12(17-3)13(7-11)18-4/h5-7,10H,8-9H2,1-4H3,(H2,15,19). The average Bonchev–Trinajstić information content (AvgIpc) is 2.37. The summed E-state index contributed by atoms with van der Waals surface area (Å²) in [5.74, 6) is 1.47. The smallest absolute Gasteiger partial charge is 0.161 e. The highest BCUT2D eigenvalue weighted by Gasteiger charge is 2.13. The van der Waals surface area contributed by atoms with E-state index in [-0.39, 0.29) is 0 Å². The maximum Gasteiger partial charge on any atom is 0.161 e. The molecule has 5 heteroatoms. The lowest BCUT2D eigenvalue weighted by molar-refractivity contribution is 0.245. The largest absolute Gasteiger partial charge is 0.493 e. The van der Waals surface area contributed by atoms with E-state index < -0.39 is 0 Å². The highest BCUT2D eigenvalue weighted by Crippen LogP contribution is 2.28. The van der Waals surface area contributed by atoms with E-state index in [1.807, 2.05) is 18.2 Å². The van der Waals surface area contributed by atoms with Gasteiger partial charge in [0.1, 0.15) is 0 Å². The number of nitrogens with two attached hydrogens (primary N) is 1. The number of thiocarbonyl (C=S) groups is 1. The van der Waals surface area contributed by atoms with Crippen LogP contribution >= 0.6 is 12.2 Å². The van der Waals surface area contributed by atoms with Gasteiger partial charge in [-0.3, -0.25) is 4.90 Å². The maximum absolute atomic E-state index is 5.63. The Labute approximate surface area is 120 Å². The van der Waals surface area contributed by atoms with Crippen LogP contribution in [0.3, 0.4) is 0 Å². The van der Waals surface area contributed by atoms with Gasteiger partial charge in [-0.1, -0.05) is 18.3 Å². The van der Waals surface area contributed by atoms with Crippen LogP contribution in [0.25, 0.3) is 0 Å².